The van der Waals surface area contributed by atoms with E-state index in [1.807, 2.05) is 33.8 Å². The number of hydrogen-bond donors (Lipinski definition) is 0. The molecule has 0 unspecified atom stereocenters. The van der Waals surface area contributed by atoms with Gasteiger partial charge in [0.25, 0.3) is 0 Å². The van der Waals surface area contributed by atoms with Gasteiger partial charge in [-0.2, -0.15) is 0 Å². The summed E-state index contributed by atoms with van der Waals surface area (Å²) in [5, 5.41) is 1.50. The average molecular weight is 356 g/mol. The summed E-state index contributed by atoms with van der Waals surface area (Å²) < 4.78 is 35.8. The Morgan fingerprint density at radius 1 is 0.833 bits per heavy atom. The van der Waals surface area contributed by atoms with Crippen LogP contribution in [0, 0.1) is 0 Å². The van der Waals surface area contributed by atoms with Gasteiger partial charge in [-0.05, 0) is 45.9 Å². The zero-order valence-electron chi connectivity index (χ0n) is 15.7. The Balaban J connectivity index is 0.00000288. The van der Waals surface area contributed by atoms with E-state index in [0.717, 1.165) is 22.1 Å². The van der Waals surface area contributed by atoms with E-state index in [1.165, 1.54) is 0 Å². The summed E-state index contributed by atoms with van der Waals surface area (Å²) in [4.78, 5) is -0.0788. The van der Waals surface area contributed by atoms with Crippen LogP contribution in [0.1, 0.15) is 76.0 Å². The smallest absolute Gasteiger partial charge is 0.744 e. The molecular weight excluding hydrogens is 331 g/mol. The van der Waals surface area contributed by atoms with Crippen LogP contribution in [0.15, 0.2) is 29.2 Å². The first-order valence-corrected chi connectivity index (χ1v) is 9.51. The molecule has 0 aliphatic carbocycles. The summed E-state index contributed by atoms with van der Waals surface area (Å²) in [5.41, 5.74) is 2.88. The quantitative estimate of drug-likeness (QED) is 0.623. The molecule has 2 aromatic carbocycles. The molecule has 0 bridgehead atoms. The minimum absolute atomic E-state index is 0. The SMILES string of the molecule is CC(C)c1cc(S(=O)(=O)[O-])c2c(C(C)C)ccc(C(C)C)c2c1.[Na+]. The van der Waals surface area contributed by atoms with Gasteiger partial charge < -0.3 is 4.55 Å². The molecule has 0 N–H and O–H groups in total. The van der Waals surface area contributed by atoms with E-state index in [2.05, 4.69) is 26.0 Å². The first-order valence-electron chi connectivity index (χ1n) is 8.10. The fourth-order valence-corrected chi connectivity index (χ4v) is 3.79. The maximum Gasteiger partial charge on any atom is 1.00 e. The summed E-state index contributed by atoms with van der Waals surface area (Å²) >= 11 is 0. The fraction of sp³-hybridized carbons (Fsp3) is 0.474. The zero-order chi connectivity index (χ0) is 17.5. The summed E-state index contributed by atoms with van der Waals surface area (Å²) in [6.07, 6.45) is 0. The van der Waals surface area contributed by atoms with Crippen molar-refractivity contribution in [2.75, 3.05) is 0 Å². The summed E-state index contributed by atoms with van der Waals surface area (Å²) in [6, 6.07) is 7.64. The molecule has 126 valence electrons. The van der Waals surface area contributed by atoms with Crippen LogP contribution in [0.5, 0.6) is 0 Å². The molecule has 0 aromatic heterocycles. The van der Waals surface area contributed by atoms with Crippen LogP contribution in [-0.2, 0) is 10.1 Å². The molecule has 0 heterocycles. The Bertz CT molecular complexity index is 837. The van der Waals surface area contributed by atoms with Crippen molar-refractivity contribution in [3.8, 4) is 0 Å². The van der Waals surface area contributed by atoms with Crippen molar-refractivity contribution < 1.29 is 42.5 Å². The van der Waals surface area contributed by atoms with Gasteiger partial charge in [-0.1, -0.05) is 59.7 Å². The second-order valence-electron chi connectivity index (χ2n) is 7.10. The van der Waals surface area contributed by atoms with Crippen molar-refractivity contribution in [1.82, 2.24) is 0 Å². The van der Waals surface area contributed by atoms with Gasteiger partial charge in [0.05, 0.1) is 4.90 Å². The van der Waals surface area contributed by atoms with Gasteiger partial charge in [-0.3, -0.25) is 0 Å². The Hall–Kier alpha value is -0.390. The predicted octanol–water partition coefficient (Wildman–Crippen LogP) is 2.12. The van der Waals surface area contributed by atoms with E-state index in [4.69, 9.17) is 0 Å². The molecule has 0 aliphatic heterocycles. The molecular formula is C19H25NaO3S. The molecule has 24 heavy (non-hydrogen) atoms. The van der Waals surface area contributed by atoms with E-state index in [1.54, 1.807) is 6.07 Å². The molecule has 0 fully saturated rings. The van der Waals surface area contributed by atoms with E-state index in [-0.39, 0.29) is 52.2 Å². The molecule has 2 rings (SSSR count). The first-order chi connectivity index (χ1) is 10.5. The minimum Gasteiger partial charge on any atom is -0.744 e. The molecule has 0 spiro atoms. The van der Waals surface area contributed by atoms with Gasteiger partial charge in [0.2, 0.25) is 0 Å². The van der Waals surface area contributed by atoms with E-state index < -0.39 is 10.1 Å². The summed E-state index contributed by atoms with van der Waals surface area (Å²) in [7, 11) is -4.53. The second-order valence-corrected chi connectivity index (χ2v) is 8.45. The van der Waals surface area contributed by atoms with Crippen LogP contribution >= 0.6 is 0 Å². The first kappa shape index (κ1) is 21.7. The molecule has 0 atom stereocenters. The van der Waals surface area contributed by atoms with Crippen LogP contribution in [-0.4, -0.2) is 13.0 Å². The molecule has 0 radical (unpaired) electrons. The molecule has 0 amide bonds. The summed E-state index contributed by atoms with van der Waals surface area (Å²) in [5.74, 6) is 0.551. The standard InChI is InChI=1S/C19H26O3S.Na/c1-11(2)14-9-17-15(12(3)4)7-8-16(13(5)6)19(17)18(10-14)23(20,21)22;/h7-13H,1-6H3,(H,20,21,22);/q;+1/p-1. The maximum atomic E-state index is 11.9. The number of rotatable bonds is 4. The van der Waals surface area contributed by atoms with Crippen LogP contribution in [0.4, 0.5) is 0 Å². The van der Waals surface area contributed by atoms with Crippen LogP contribution in [0.3, 0.4) is 0 Å². The third kappa shape index (κ3) is 4.23. The monoisotopic (exact) mass is 356 g/mol. The van der Waals surface area contributed by atoms with E-state index in [0.29, 0.717) is 5.39 Å². The van der Waals surface area contributed by atoms with Crippen LogP contribution in [0.2, 0.25) is 0 Å². The van der Waals surface area contributed by atoms with Crippen molar-refractivity contribution in [2.24, 2.45) is 0 Å². The molecule has 0 saturated carbocycles. The van der Waals surface area contributed by atoms with Crippen molar-refractivity contribution in [2.45, 2.75) is 64.2 Å². The number of fused-ring (bicyclic) bond motifs is 1. The summed E-state index contributed by atoms with van der Waals surface area (Å²) in [6.45, 7) is 12.2. The van der Waals surface area contributed by atoms with Crippen LogP contribution < -0.4 is 29.6 Å². The van der Waals surface area contributed by atoms with Crippen molar-refractivity contribution >= 4 is 20.9 Å². The Kier molecular flexibility index (Phi) is 7.11. The topological polar surface area (TPSA) is 57.2 Å². The zero-order valence-corrected chi connectivity index (χ0v) is 18.5. The number of benzene rings is 2. The third-order valence-corrected chi connectivity index (χ3v) is 5.21. The van der Waals surface area contributed by atoms with Gasteiger partial charge in [-0.15, -0.1) is 0 Å². The Morgan fingerprint density at radius 3 is 1.75 bits per heavy atom. The molecule has 3 nitrogen and oxygen atoms in total. The molecule has 0 aliphatic rings. The molecule has 5 heteroatoms. The van der Waals surface area contributed by atoms with Gasteiger partial charge >= 0.3 is 29.6 Å². The molecule has 0 saturated heterocycles. The van der Waals surface area contributed by atoms with Gasteiger partial charge in [0.1, 0.15) is 10.1 Å². The van der Waals surface area contributed by atoms with Gasteiger partial charge in [-0.25, -0.2) is 8.42 Å². The normalized spacial score (nSPS) is 12.2. The fourth-order valence-electron chi connectivity index (χ4n) is 3.03. The average Bonchev–Trinajstić information content (AvgIpc) is 2.43. The predicted molar refractivity (Wildman–Crippen MR) is 94.2 cm³/mol. The van der Waals surface area contributed by atoms with Crippen LogP contribution in [0.25, 0.3) is 10.8 Å². The van der Waals surface area contributed by atoms with Crippen molar-refractivity contribution in [1.29, 1.82) is 0 Å². The third-order valence-electron chi connectivity index (χ3n) is 4.35. The van der Waals surface area contributed by atoms with Gasteiger partial charge in [0.15, 0.2) is 0 Å². The van der Waals surface area contributed by atoms with Crippen molar-refractivity contribution in [3.05, 3.63) is 41.0 Å². The van der Waals surface area contributed by atoms with Crippen molar-refractivity contribution in [3.63, 3.8) is 0 Å². The molecule has 2 aromatic rings. The van der Waals surface area contributed by atoms with E-state index >= 15 is 0 Å². The van der Waals surface area contributed by atoms with E-state index in [9.17, 15) is 13.0 Å². The Labute approximate surface area is 167 Å². The Morgan fingerprint density at radius 2 is 1.33 bits per heavy atom. The minimum atomic E-state index is -4.53. The van der Waals surface area contributed by atoms with Gasteiger partial charge in [0, 0.05) is 5.39 Å². The largest absolute Gasteiger partial charge is 1.00 e. The second kappa shape index (κ2) is 7.88. The maximum absolute atomic E-state index is 11.9. The number of hydrogen-bond acceptors (Lipinski definition) is 3.